The van der Waals surface area contributed by atoms with Gasteiger partial charge in [0.1, 0.15) is 5.69 Å². The van der Waals surface area contributed by atoms with Crippen LogP contribution in [0.1, 0.15) is 36.3 Å². The molecule has 2 atom stereocenters. The second-order valence-electron chi connectivity index (χ2n) is 8.10. The molecule has 3 rings (SSSR count). The van der Waals surface area contributed by atoms with Crippen molar-refractivity contribution in [3.63, 3.8) is 0 Å². The zero-order chi connectivity index (χ0) is 25.1. The summed E-state index contributed by atoms with van der Waals surface area (Å²) in [5, 5.41) is 2.63. The molecule has 1 aromatic heterocycles. The molecule has 3 N–H and O–H groups in total. The number of amidine groups is 1. The highest BCUT2D eigenvalue weighted by Crippen LogP contribution is 2.46. The summed E-state index contributed by atoms with van der Waals surface area (Å²) in [7, 11) is 1.53. The Balaban J connectivity index is 1.86. The normalized spacial score (nSPS) is 22.4. The summed E-state index contributed by atoms with van der Waals surface area (Å²) in [6.07, 6.45) is -0.386. The quantitative estimate of drug-likeness (QED) is 0.530. The van der Waals surface area contributed by atoms with E-state index in [-0.39, 0.29) is 28.0 Å². The van der Waals surface area contributed by atoms with Crippen LogP contribution in [0.3, 0.4) is 0 Å². The van der Waals surface area contributed by atoms with E-state index in [0.29, 0.717) is 13.0 Å². The number of benzene rings is 1. The van der Waals surface area contributed by atoms with Crippen LogP contribution < -0.4 is 15.8 Å². The van der Waals surface area contributed by atoms with Crippen LogP contribution in [0.25, 0.3) is 0 Å². The van der Waals surface area contributed by atoms with Crippen molar-refractivity contribution in [3.05, 3.63) is 47.4 Å². The number of rotatable bonds is 8. The summed E-state index contributed by atoms with van der Waals surface area (Å²) in [5.41, 5.74) is 4.45. The number of halogens is 4. The van der Waals surface area contributed by atoms with Crippen LogP contribution in [-0.4, -0.2) is 52.5 Å². The minimum atomic E-state index is -2.69. The number of methoxy groups -OCH3 is 1. The minimum absolute atomic E-state index is 0.0413. The SMILES string of the molecule is COC[C@@]1(C)C[C@@](C)(c2cc(NC(=O)c3cnc(OCC(F)F)cn3)cc(F)c2F)N=C(N)S1. The zero-order valence-corrected chi connectivity index (χ0v) is 19.4. The van der Waals surface area contributed by atoms with Crippen molar-refractivity contribution in [3.8, 4) is 5.88 Å². The number of amides is 1. The predicted octanol–water partition coefficient (Wildman–Crippen LogP) is 3.72. The van der Waals surface area contributed by atoms with E-state index in [9.17, 15) is 22.4 Å². The van der Waals surface area contributed by atoms with Crippen LogP contribution in [0.15, 0.2) is 29.5 Å². The lowest BCUT2D eigenvalue weighted by molar-refractivity contribution is 0.0792. The zero-order valence-electron chi connectivity index (χ0n) is 18.6. The van der Waals surface area contributed by atoms with Gasteiger partial charge in [0.05, 0.1) is 24.5 Å². The first-order chi connectivity index (χ1) is 15.9. The van der Waals surface area contributed by atoms with Gasteiger partial charge in [0.25, 0.3) is 12.3 Å². The highest BCUT2D eigenvalue weighted by Gasteiger charge is 2.44. The Hall–Kier alpha value is -2.93. The molecule has 1 aliphatic rings. The van der Waals surface area contributed by atoms with Crippen molar-refractivity contribution >= 4 is 28.5 Å². The van der Waals surface area contributed by atoms with Crippen molar-refractivity contribution in [2.75, 3.05) is 25.6 Å². The maximum Gasteiger partial charge on any atom is 0.275 e. The van der Waals surface area contributed by atoms with E-state index in [4.69, 9.17) is 15.2 Å². The molecule has 0 saturated carbocycles. The molecule has 2 aromatic rings. The molecule has 184 valence electrons. The summed E-state index contributed by atoms with van der Waals surface area (Å²) < 4.78 is 63.3. The van der Waals surface area contributed by atoms with E-state index in [2.05, 4.69) is 20.3 Å². The van der Waals surface area contributed by atoms with Gasteiger partial charge in [0.2, 0.25) is 5.88 Å². The Morgan fingerprint density at radius 3 is 2.62 bits per heavy atom. The Kier molecular flexibility index (Phi) is 7.66. The highest BCUT2D eigenvalue weighted by molar-refractivity contribution is 8.15. The number of alkyl halides is 2. The number of hydrogen-bond acceptors (Lipinski definition) is 8. The molecule has 8 nitrogen and oxygen atoms in total. The van der Waals surface area contributed by atoms with Gasteiger partial charge in [-0.15, -0.1) is 0 Å². The molecular formula is C21H23F4N5O3S. The first-order valence-corrected chi connectivity index (χ1v) is 10.8. The molecule has 34 heavy (non-hydrogen) atoms. The molecule has 1 amide bonds. The fraction of sp³-hybridized carbons (Fsp3) is 0.429. The van der Waals surface area contributed by atoms with Crippen molar-refractivity contribution in [1.29, 1.82) is 0 Å². The smallest absolute Gasteiger partial charge is 0.275 e. The summed E-state index contributed by atoms with van der Waals surface area (Å²) in [5.74, 6) is -3.26. The molecule has 0 bridgehead atoms. The van der Waals surface area contributed by atoms with Gasteiger partial charge in [-0.05, 0) is 26.3 Å². The molecular weight excluding hydrogens is 478 g/mol. The molecule has 0 unspecified atom stereocenters. The molecule has 1 aliphatic heterocycles. The fourth-order valence-corrected chi connectivity index (χ4v) is 5.05. The number of carbonyl (C=O) groups excluding carboxylic acids is 1. The van der Waals surface area contributed by atoms with Crippen LogP contribution in [0.4, 0.5) is 23.2 Å². The lowest BCUT2D eigenvalue weighted by atomic mass is 9.83. The largest absolute Gasteiger partial charge is 0.470 e. The number of nitrogens with two attached hydrogens (primary N) is 1. The molecule has 0 radical (unpaired) electrons. The van der Waals surface area contributed by atoms with Gasteiger partial charge >= 0.3 is 0 Å². The molecule has 1 aromatic carbocycles. The summed E-state index contributed by atoms with van der Waals surface area (Å²) >= 11 is 1.29. The van der Waals surface area contributed by atoms with Crippen LogP contribution in [0.5, 0.6) is 5.88 Å². The number of nitrogens with zero attached hydrogens (tertiary/aromatic N) is 3. The van der Waals surface area contributed by atoms with Crippen LogP contribution in [0.2, 0.25) is 0 Å². The maximum absolute atomic E-state index is 14.9. The Bertz CT molecular complexity index is 1090. The average Bonchev–Trinajstić information content (AvgIpc) is 2.73. The summed E-state index contributed by atoms with van der Waals surface area (Å²) in [6, 6.07) is 2.11. The van der Waals surface area contributed by atoms with Gasteiger partial charge in [-0.25, -0.2) is 27.5 Å². The predicted molar refractivity (Wildman–Crippen MR) is 119 cm³/mol. The van der Waals surface area contributed by atoms with Crippen LogP contribution >= 0.6 is 11.8 Å². The van der Waals surface area contributed by atoms with Crippen LogP contribution in [-0.2, 0) is 10.3 Å². The van der Waals surface area contributed by atoms with E-state index in [1.54, 1.807) is 6.92 Å². The molecule has 0 aliphatic carbocycles. The van der Waals surface area contributed by atoms with Crippen molar-refractivity contribution in [2.45, 2.75) is 37.0 Å². The lowest BCUT2D eigenvalue weighted by Crippen LogP contribution is -2.43. The van der Waals surface area contributed by atoms with Crippen molar-refractivity contribution in [1.82, 2.24) is 9.97 Å². The Morgan fingerprint density at radius 2 is 2.00 bits per heavy atom. The molecule has 13 heteroatoms. The standard InChI is InChI=1S/C21H23F4N5O3S/c1-20(10-32-3)9-21(2,30-19(26)34-20)12-4-11(5-13(22)17(12)25)29-18(31)14-6-28-16(7-27-14)33-8-15(23)24/h4-7,15H,8-10H2,1-3H3,(H2,26,30)(H,29,31)/t20-,21+/m1/s1. The number of aliphatic imine (C=N–C) groups is 1. The van der Waals surface area contributed by atoms with E-state index in [1.165, 1.54) is 24.9 Å². The van der Waals surface area contributed by atoms with Gasteiger partial charge in [-0.1, -0.05) is 11.8 Å². The summed E-state index contributed by atoms with van der Waals surface area (Å²) in [6.45, 7) is 2.94. The third-order valence-corrected chi connectivity index (χ3v) is 6.02. The number of carbonyl (C=O) groups is 1. The van der Waals surface area contributed by atoms with E-state index >= 15 is 0 Å². The highest BCUT2D eigenvalue weighted by atomic mass is 32.2. The van der Waals surface area contributed by atoms with Gasteiger partial charge in [-0.2, -0.15) is 0 Å². The van der Waals surface area contributed by atoms with Crippen LogP contribution in [0, 0.1) is 11.6 Å². The number of anilines is 1. The van der Waals surface area contributed by atoms with Gasteiger partial charge in [0, 0.05) is 29.2 Å². The Morgan fingerprint density at radius 1 is 1.26 bits per heavy atom. The number of hydrogen-bond donors (Lipinski definition) is 2. The number of thioether (sulfide) groups is 1. The summed E-state index contributed by atoms with van der Waals surface area (Å²) in [4.78, 5) is 24.4. The third kappa shape index (κ3) is 5.95. The number of aromatic nitrogens is 2. The first kappa shape index (κ1) is 25.7. The van der Waals surface area contributed by atoms with E-state index in [0.717, 1.165) is 18.5 Å². The van der Waals surface area contributed by atoms with Crippen molar-refractivity contribution in [2.24, 2.45) is 10.7 Å². The minimum Gasteiger partial charge on any atom is -0.470 e. The first-order valence-electron chi connectivity index (χ1n) is 10.0. The fourth-order valence-electron chi connectivity index (χ4n) is 3.77. The molecule has 0 fully saturated rings. The van der Waals surface area contributed by atoms with Gasteiger partial charge < -0.3 is 20.5 Å². The lowest BCUT2D eigenvalue weighted by Gasteiger charge is -2.41. The van der Waals surface area contributed by atoms with Gasteiger partial charge in [0.15, 0.2) is 23.4 Å². The topological polar surface area (TPSA) is 112 Å². The molecule has 0 spiro atoms. The average molecular weight is 502 g/mol. The maximum atomic E-state index is 14.9. The molecule has 0 saturated heterocycles. The number of nitrogens with one attached hydrogen (secondary N) is 1. The number of ether oxygens (including phenoxy) is 2. The van der Waals surface area contributed by atoms with E-state index in [1.807, 2.05) is 6.92 Å². The van der Waals surface area contributed by atoms with Crippen molar-refractivity contribution < 1.29 is 31.8 Å². The second kappa shape index (κ2) is 10.1. The Labute approximate surface area is 197 Å². The monoisotopic (exact) mass is 501 g/mol. The third-order valence-electron chi connectivity index (χ3n) is 4.96. The van der Waals surface area contributed by atoms with E-state index < -0.39 is 40.9 Å². The second-order valence-corrected chi connectivity index (χ2v) is 9.71. The molecule has 2 heterocycles. The van der Waals surface area contributed by atoms with Gasteiger partial charge in [-0.3, -0.25) is 9.79 Å².